The van der Waals surface area contributed by atoms with Gasteiger partial charge in [-0.15, -0.1) is 0 Å². The maximum absolute atomic E-state index is 12.7. The van der Waals surface area contributed by atoms with E-state index in [-0.39, 0.29) is 6.03 Å². The number of rotatable bonds is 5. The lowest BCUT2D eigenvalue weighted by Gasteiger charge is -2.34. The zero-order valence-electron chi connectivity index (χ0n) is 18.6. The molecule has 3 heterocycles. The van der Waals surface area contributed by atoms with E-state index in [4.69, 9.17) is 10.00 Å². The highest BCUT2D eigenvalue weighted by atomic mass is 16.5. The summed E-state index contributed by atoms with van der Waals surface area (Å²) >= 11 is 0. The lowest BCUT2D eigenvalue weighted by Crippen LogP contribution is -2.49. The standard InChI is InChI=1S/C26H24N6O2/c27-16-19-7-8-28-25(14-19)34-23-5-1-3-20(13-23)18-31-9-11-32(12-10-31)26(33)30-22-15-21-4-2-6-24(21)29-17-22/h1-5,7-8,13-15,17H,6,9-12,18H2,(H,30,33). The Bertz CT molecular complexity index is 1270. The summed E-state index contributed by atoms with van der Waals surface area (Å²) in [4.78, 5) is 25.5. The molecule has 1 fully saturated rings. The van der Waals surface area contributed by atoms with Gasteiger partial charge in [0.1, 0.15) is 5.75 Å². The molecule has 3 aromatic rings. The van der Waals surface area contributed by atoms with Gasteiger partial charge in [-0.3, -0.25) is 9.88 Å². The van der Waals surface area contributed by atoms with Crippen LogP contribution in [0, 0.1) is 11.3 Å². The predicted molar refractivity (Wildman–Crippen MR) is 128 cm³/mol. The van der Waals surface area contributed by atoms with Gasteiger partial charge in [-0.2, -0.15) is 5.26 Å². The molecular weight excluding hydrogens is 428 g/mol. The molecule has 0 bridgehead atoms. The Kier molecular flexibility index (Phi) is 6.19. The van der Waals surface area contributed by atoms with Crippen molar-refractivity contribution in [2.45, 2.75) is 13.0 Å². The molecule has 34 heavy (non-hydrogen) atoms. The number of amides is 2. The molecule has 2 amide bonds. The molecule has 0 radical (unpaired) electrons. The molecule has 0 saturated carbocycles. The van der Waals surface area contributed by atoms with E-state index in [9.17, 15) is 4.79 Å². The number of aromatic nitrogens is 2. The third kappa shape index (κ3) is 5.05. The lowest BCUT2D eigenvalue weighted by atomic mass is 10.2. The maximum Gasteiger partial charge on any atom is 0.321 e. The number of hydrogen-bond donors (Lipinski definition) is 1. The third-order valence-corrected chi connectivity index (χ3v) is 5.91. The minimum Gasteiger partial charge on any atom is -0.439 e. The van der Waals surface area contributed by atoms with Crippen LogP contribution in [0.3, 0.4) is 0 Å². The number of anilines is 1. The molecule has 8 nitrogen and oxygen atoms in total. The van der Waals surface area contributed by atoms with E-state index in [1.54, 1.807) is 24.5 Å². The Morgan fingerprint density at radius 2 is 2.00 bits per heavy atom. The highest BCUT2D eigenvalue weighted by Crippen LogP contribution is 2.23. The Morgan fingerprint density at radius 3 is 2.85 bits per heavy atom. The van der Waals surface area contributed by atoms with Crippen LogP contribution in [0.25, 0.3) is 6.08 Å². The second kappa shape index (κ2) is 9.73. The molecule has 1 aliphatic heterocycles. The summed E-state index contributed by atoms with van der Waals surface area (Å²) in [5.41, 5.74) is 4.47. The largest absolute Gasteiger partial charge is 0.439 e. The van der Waals surface area contributed by atoms with E-state index in [1.165, 1.54) is 0 Å². The van der Waals surface area contributed by atoms with Crippen molar-refractivity contribution in [2.75, 3.05) is 31.5 Å². The van der Waals surface area contributed by atoms with E-state index >= 15 is 0 Å². The average Bonchev–Trinajstić information content (AvgIpc) is 3.33. The summed E-state index contributed by atoms with van der Waals surface area (Å²) in [5, 5.41) is 12.0. The number of benzene rings is 1. The van der Waals surface area contributed by atoms with Crippen molar-refractivity contribution < 1.29 is 9.53 Å². The van der Waals surface area contributed by atoms with Gasteiger partial charge in [-0.25, -0.2) is 9.78 Å². The number of nitrogens with one attached hydrogen (secondary N) is 1. The normalized spacial score (nSPS) is 15.0. The first kappa shape index (κ1) is 21.6. The van der Waals surface area contributed by atoms with Crippen LogP contribution >= 0.6 is 0 Å². The first-order valence-corrected chi connectivity index (χ1v) is 11.2. The summed E-state index contributed by atoms with van der Waals surface area (Å²) in [5.74, 6) is 1.07. The molecule has 0 unspecified atom stereocenters. The van der Waals surface area contributed by atoms with E-state index in [0.29, 0.717) is 30.3 Å². The SMILES string of the molecule is N#Cc1ccnc(Oc2cccc(CN3CCN(C(=O)Nc4cnc5c(c4)C=CC5)CC3)c2)c1. The number of allylic oxidation sites excluding steroid dienone is 1. The fraction of sp³-hybridized carbons (Fsp3) is 0.231. The zero-order valence-corrected chi connectivity index (χ0v) is 18.6. The molecule has 0 spiro atoms. The van der Waals surface area contributed by atoms with Gasteiger partial charge in [0.15, 0.2) is 0 Å². The van der Waals surface area contributed by atoms with Crippen LogP contribution in [0.15, 0.2) is 60.9 Å². The number of hydrogen-bond acceptors (Lipinski definition) is 6. The molecule has 5 rings (SSSR count). The maximum atomic E-state index is 12.7. The molecular formula is C26H24N6O2. The van der Waals surface area contributed by atoms with Gasteiger partial charge in [0.05, 0.1) is 29.2 Å². The van der Waals surface area contributed by atoms with Crippen molar-refractivity contribution in [2.24, 2.45) is 0 Å². The minimum atomic E-state index is -0.0918. The molecule has 2 aliphatic rings. The number of carbonyl (C=O) groups is 1. The van der Waals surface area contributed by atoms with Crippen LogP contribution in [0.2, 0.25) is 0 Å². The third-order valence-electron chi connectivity index (χ3n) is 5.91. The smallest absolute Gasteiger partial charge is 0.321 e. The van der Waals surface area contributed by atoms with E-state index in [1.807, 2.05) is 35.2 Å². The van der Waals surface area contributed by atoms with Gasteiger partial charge in [0.25, 0.3) is 0 Å². The van der Waals surface area contributed by atoms with Crippen molar-refractivity contribution in [1.82, 2.24) is 19.8 Å². The summed E-state index contributed by atoms with van der Waals surface area (Å²) in [6, 6.07) is 15.1. The van der Waals surface area contributed by atoms with Crippen LogP contribution in [0.5, 0.6) is 11.6 Å². The van der Waals surface area contributed by atoms with E-state index in [2.05, 4.69) is 38.4 Å². The highest BCUT2D eigenvalue weighted by Gasteiger charge is 2.22. The second-order valence-electron chi connectivity index (χ2n) is 8.30. The van der Waals surface area contributed by atoms with Crippen LogP contribution < -0.4 is 10.1 Å². The molecule has 1 saturated heterocycles. The molecule has 0 atom stereocenters. The highest BCUT2D eigenvalue weighted by molar-refractivity contribution is 5.89. The topological polar surface area (TPSA) is 94.4 Å². The summed E-state index contributed by atoms with van der Waals surface area (Å²) in [7, 11) is 0. The predicted octanol–water partition coefficient (Wildman–Crippen LogP) is 4.06. The summed E-state index contributed by atoms with van der Waals surface area (Å²) < 4.78 is 5.83. The van der Waals surface area contributed by atoms with Crippen LogP contribution in [-0.2, 0) is 13.0 Å². The van der Waals surface area contributed by atoms with Crippen molar-refractivity contribution in [3.63, 3.8) is 0 Å². The molecule has 8 heteroatoms. The van der Waals surface area contributed by atoms with Crippen molar-refractivity contribution in [1.29, 1.82) is 5.26 Å². The van der Waals surface area contributed by atoms with Gasteiger partial charge in [0.2, 0.25) is 5.88 Å². The number of carbonyl (C=O) groups excluding carboxylic acids is 1. The fourth-order valence-corrected chi connectivity index (χ4v) is 4.12. The number of ether oxygens (including phenoxy) is 1. The molecule has 170 valence electrons. The molecule has 2 aromatic heterocycles. The molecule has 1 aliphatic carbocycles. The van der Waals surface area contributed by atoms with Crippen LogP contribution in [0.4, 0.5) is 10.5 Å². The van der Waals surface area contributed by atoms with Gasteiger partial charge in [-0.1, -0.05) is 24.3 Å². The van der Waals surface area contributed by atoms with Crippen LogP contribution in [-0.4, -0.2) is 52.0 Å². The number of piperazine rings is 1. The van der Waals surface area contributed by atoms with Crippen molar-refractivity contribution in [3.8, 4) is 17.7 Å². The van der Waals surface area contributed by atoms with Crippen LogP contribution in [0.1, 0.15) is 22.4 Å². The minimum absolute atomic E-state index is 0.0918. The summed E-state index contributed by atoms with van der Waals surface area (Å²) in [6.45, 7) is 3.65. The second-order valence-corrected chi connectivity index (χ2v) is 8.30. The van der Waals surface area contributed by atoms with Gasteiger partial charge in [0, 0.05) is 51.4 Å². The van der Waals surface area contributed by atoms with E-state index < -0.39 is 0 Å². The Balaban J connectivity index is 1.13. The first-order valence-electron chi connectivity index (χ1n) is 11.2. The first-order chi connectivity index (χ1) is 16.7. The number of nitrogens with zero attached hydrogens (tertiary/aromatic N) is 5. The lowest BCUT2D eigenvalue weighted by molar-refractivity contribution is 0.143. The summed E-state index contributed by atoms with van der Waals surface area (Å²) in [6.07, 6.45) is 8.25. The van der Waals surface area contributed by atoms with E-state index in [0.717, 1.165) is 48.6 Å². The quantitative estimate of drug-likeness (QED) is 0.627. The van der Waals surface area contributed by atoms with Gasteiger partial charge in [-0.05, 0) is 35.4 Å². The number of nitriles is 1. The fourth-order valence-electron chi connectivity index (χ4n) is 4.12. The number of pyridine rings is 2. The van der Waals surface area contributed by atoms with Gasteiger partial charge >= 0.3 is 6.03 Å². The average molecular weight is 453 g/mol. The monoisotopic (exact) mass is 452 g/mol. The van der Waals surface area contributed by atoms with Crippen molar-refractivity contribution >= 4 is 17.8 Å². The Morgan fingerprint density at radius 1 is 1.12 bits per heavy atom. The Labute approximate surface area is 198 Å². The number of fused-ring (bicyclic) bond motifs is 1. The molecule has 1 aromatic carbocycles. The number of urea groups is 1. The Hall–Kier alpha value is -4.22. The molecule has 1 N–H and O–H groups in total. The van der Waals surface area contributed by atoms with Gasteiger partial charge < -0.3 is 15.0 Å². The van der Waals surface area contributed by atoms with Crippen molar-refractivity contribution in [3.05, 3.63) is 83.3 Å². The zero-order chi connectivity index (χ0) is 23.3.